The molecular formula is C17H26F2N2O. The van der Waals surface area contributed by atoms with Crippen molar-refractivity contribution in [1.82, 2.24) is 10.2 Å². The Balaban J connectivity index is 2.37. The van der Waals surface area contributed by atoms with E-state index in [0.717, 1.165) is 37.3 Å². The van der Waals surface area contributed by atoms with E-state index in [1.807, 2.05) is 18.2 Å². The molecule has 1 heterocycles. The predicted octanol–water partition coefficient (Wildman–Crippen LogP) is 3.42. The molecule has 2 rings (SSSR count). The molecule has 22 heavy (non-hydrogen) atoms. The summed E-state index contributed by atoms with van der Waals surface area (Å²) < 4.78 is 31.7. The van der Waals surface area contributed by atoms with Gasteiger partial charge in [0, 0.05) is 44.2 Å². The highest BCUT2D eigenvalue weighted by Gasteiger charge is 2.28. The molecule has 1 aliphatic heterocycles. The van der Waals surface area contributed by atoms with Gasteiger partial charge < -0.3 is 10.1 Å². The Bertz CT molecular complexity index is 474. The molecule has 0 unspecified atom stereocenters. The quantitative estimate of drug-likeness (QED) is 0.871. The van der Waals surface area contributed by atoms with Crippen LogP contribution in [0.2, 0.25) is 0 Å². The minimum absolute atomic E-state index is 0.155. The van der Waals surface area contributed by atoms with Crippen molar-refractivity contribution in [1.29, 1.82) is 0 Å². The largest absolute Gasteiger partial charge is 0.496 e. The van der Waals surface area contributed by atoms with Gasteiger partial charge in [-0.3, -0.25) is 4.90 Å². The molecule has 5 heteroatoms. The average molecular weight is 312 g/mol. The first-order valence-corrected chi connectivity index (χ1v) is 7.93. The molecule has 1 atom stereocenters. The van der Waals surface area contributed by atoms with Gasteiger partial charge in [0.2, 0.25) is 6.43 Å². The van der Waals surface area contributed by atoms with Crippen LogP contribution in [0, 0.1) is 0 Å². The summed E-state index contributed by atoms with van der Waals surface area (Å²) in [7, 11) is 1.60. The molecule has 0 aromatic heterocycles. The molecule has 0 bridgehead atoms. The van der Waals surface area contributed by atoms with Crippen molar-refractivity contribution < 1.29 is 13.5 Å². The number of nitrogens with zero attached hydrogens (tertiary/aromatic N) is 1. The first kappa shape index (κ1) is 17.2. The van der Waals surface area contributed by atoms with Gasteiger partial charge in [-0.05, 0) is 17.5 Å². The zero-order valence-corrected chi connectivity index (χ0v) is 13.6. The van der Waals surface area contributed by atoms with E-state index in [4.69, 9.17) is 4.74 Å². The lowest BCUT2D eigenvalue weighted by Gasteiger charge is -2.36. The highest BCUT2D eigenvalue weighted by Crippen LogP contribution is 2.35. The number of rotatable bonds is 6. The monoisotopic (exact) mass is 312 g/mol. The zero-order chi connectivity index (χ0) is 16.1. The molecule has 1 N–H and O–H groups in total. The lowest BCUT2D eigenvalue weighted by atomic mass is 9.94. The van der Waals surface area contributed by atoms with Crippen LogP contribution in [0.15, 0.2) is 18.2 Å². The summed E-state index contributed by atoms with van der Waals surface area (Å²) in [4.78, 5) is 2.14. The van der Waals surface area contributed by atoms with E-state index in [2.05, 4.69) is 24.1 Å². The Morgan fingerprint density at radius 1 is 1.23 bits per heavy atom. The summed E-state index contributed by atoms with van der Waals surface area (Å²) in [5, 5.41) is 3.27. The second-order valence-corrected chi connectivity index (χ2v) is 6.08. The molecule has 0 saturated carbocycles. The minimum atomic E-state index is -2.33. The lowest BCUT2D eigenvalue weighted by molar-refractivity contribution is 0.0729. The summed E-state index contributed by atoms with van der Waals surface area (Å²) in [6.07, 6.45) is -2.48. The SMILES string of the molecule is COc1ccc(C(C)C)cc1[C@@H](CC(F)F)N1CCNCC1. The van der Waals surface area contributed by atoms with Gasteiger partial charge in [0.15, 0.2) is 0 Å². The molecular weight excluding hydrogens is 286 g/mol. The Labute approximate surface area is 131 Å². The number of piperazine rings is 1. The number of alkyl halides is 2. The van der Waals surface area contributed by atoms with E-state index >= 15 is 0 Å². The van der Waals surface area contributed by atoms with Crippen molar-refractivity contribution in [3.05, 3.63) is 29.3 Å². The first-order valence-electron chi connectivity index (χ1n) is 7.93. The van der Waals surface area contributed by atoms with Crippen molar-refractivity contribution in [3.63, 3.8) is 0 Å². The van der Waals surface area contributed by atoms with Crippen molar-refractivity contribution in [3.8, 4) is 5.75 Å². The number of nitrogens with one attached hydrogen (secondary N) is 1. The number of halogens is 2. The van der Waals surface area contributed by atoms with Gasteiger partial charge in [-0.15, -0.1) is 0 Å². The fourth-order valence-corrected chi connectivity index (χ4v) is 3.01. The standard InChI is InChI=1S/C17H26F2N2O/c1-12(2)13-4-5-16(22-3)14(10-13)15(11-17(18)19)21-8-6-20-7-9-21/h4-5,10,12,15,17,20H,6-9,11H2,1-3H3/t15-/m1/s1. The van der Waals surface area contributed by atoms with E-state index in [9.17, 15) is 8.78 Å². The van der Waals surface area contributed by atoms with Gasteiger partial charge >= 0.3 is 0 Å². The van der Waals surface area contributed by atoms with Crippen LogP contribution in [0.1, 0.15) is 43.4 Å². The number of hydrogen-bond acceptors (Lipinski definition) is 3. The van der Waals surface area contributed by atoms with Crippen LogP contribution < -0.4 is 10.1 Å². The fraction of sp³-hybridized carbons (Fsp3) is 0.647. The molecule has 0 spiro atoms. The van der Waals surface area contributed by atoms with E-state index in [1.54, 1.807) is 7.11 Å². The molecule has 0 radical (unpaired) electrons. The van der Waals surface area contributed by atoms with Crippen LogP contribution in [0.3, 0.4) is 0 Å². The van der Waals surface area contributed by atoms with Crippen molar-refractivity contribution >= 4 is 0 Å². The Kier molecular flexibility index (Phi) is 6.15. The van der Waals surface area contributed by atoms with Crippen molar-refractivity contribution in [2.75, 3.05) is 33.3 Å². The highest BCUT2D eigenvalue weighted by molar-refractivity contribution is 5.40. The summed E-state index contributed by atoms with van der Waals surface area (Å²) in [6, 6.07) is 5.67. The maximum Gasteiger partial charge on any atom is 0.240 e. The summed E-state index contributed by atoms with van der Waals surface area (Å²) in [5.74, 6) is 1.06. The van der Waals surface area contributed by atoms with Crippen LogP contribution in [0.5, 0.6) is 5.75 Å². The third-order valence-electron chi connectivity index (χ3n) is 4.27. The maximum absolute atomic E-state index is 13.1. The predicted molar refractivity (Wildman–Crippen MR) is 84.9 cm³/mol. The molecule has 0 amide bonds. The second-order valence-electron chi connectivity index (χ2n) is 6.08. The van der Waals surface area contributed by atoms with Crippen LogP contribution in [-0.4, -0.2) is 44.6 Å². The van der Waals surface area contributed by atoms with Crippen molar-refractivity contribution in [2.24, 2.45) is 0 Å². The van der Waals surface area contributed by atoms with Crippen molar-refractivity contribution in [2.45, 2.75) is 38.7 Å². The first-order chi connectivity index (χ1) is 10.5. The molecule has 1 aliphatic rings. The topological polar surface area (TPSA) is 24.5 Å². The average Bonchev–Trinajstić information content (AvgIpc) is 2.52. The molecule has 1 saturated heterocycles. The van der Waals surface area contributed by atoms with Crippen LogP contribution in [-0.2, 0) is 0 Å². The smallest absolute Gasteiger partial charge is 0.240 e. The number of ether oxygens (including phenoxy) is 1. The number of methoxy groups -OCH3 is 1. The summed E-state index contributed by atoms with van der Waals surface area (Å²) >= 11 is 0. The van der Waals surface area contributed by atoms with Gasteiger partial charge in [0.25, 0.3) is 0 Å². The minimum Gasteiger partial charge on any atom is -0.496 e. The maximum atomic E-state index is 13.1. The van der Waals surface area contributed by atoms with E-state index in [1.165, 1.54) is 0 Å². The Morgan fingerprint density at radius 2 is 1.91 bits per heavy atom. The summed E-state index contributed by atoms with van der Waals surface area (Å²) in [5.41, 5.74) is 2.04. The fourth-order valence-electron chi connectivity index (χ4n) is 3.01. The summed E-state index contributed by atoms with van der Waals surface area (Å²) in [6.45, 7) is 7.47. The molecule has 3 nitrogen and oxygen atoms in total. The van der Waals surface area contributed by atoms with E-state index in [-0.39, 0.29) is 12.5 Å². The van der Waals surface area contributed by atoms with Gasteiger partial charge in [0.05, 0.1) is 7.11 Å². The molecule has 124 valence electrons. The van der Waals surface area contributed by atoms with Crippen LogP contribution >= 0.6 is 0 Å². The van der Waals surface area contributed by atoms with Gasteiger partial charge in [0.1, 0.15) is 5.75 Å². The van der Waals surface area contributed by atoms with E-state index in [0.29, 0.717) is 11.7 Å². The highest BCUT2D eigenvalue weighted by atomic mass is 19.3. The van der Waals surface area contributed by atoms with Gasteiger partial charge in [-0.25, -0.2) is 8.78 Å². The zero-order valence-electron chi connectivity index (χ0n) is 13.6. The van der Waals surface area contributed by atoms with E-state index < -0.39 is 6.43 Å². The van der Waals surface area contributed by atoms with Gasteiger partial charge in [-0.2, -0.15) is 0 Å². The number of benzene rings is 1. The molecule has 0 aliphatic carbocycles. The third-order valence-corrected chi connectivity index (χ3v) is 4.27. The third kappa shape index (κ3) is 4.17. The van der Waals surface area contributed by atoms with Gasteiger partial charge in [-0.1, -0.05) is 26.0 Å². The Morgan fingerprint density at radius 3 is 2.45 bits per heavy atom. The normalized spacial score (nSPS) is 18.0. The Hall–Kier alpha value is -1.20. The number of hydrogen-bond donors (Lipinski definition) is 1. The molecule has 1 fully saturated rings. The molecule has 1 aromatic rings. The molecule has 1 aromatic carbocycles. The lowest BCUT2D eigenvalue weighted by Crippen LogP contribution is -2.45. The second kappa shape index (κ2) is 7.88. The van der Waals surface area contributed by atoms with Crippen LogP contribution in [0.4, 0.5) is 8.78 Å². The van der Waals surface area contributed by atoms with Crippen LogP contribution in [0.25, 0.3) is 0 Å².